The number of rotatable bonds is 4. The van der Waals surface area contributed by atoms with Gasteiger partial charge in [0.1, 0.15) is 11.8 Å². The molecular formula is C16H13ClN2O2. The second-order valence-corrected chi connectivity index (χ2v) is 4.77. The van der Waals surface area contributed by atoms with Crippen LogP contribution in [0.2, 0.25) is 5.02 Å². The zero-order chi connectivity index (χ0) is 15.2. The first kappa shape index (κ1) is 14.9. The lowest BCUT2D eigenvalue weighted by molar-refractivity contribution is -0.115. The summed E-state index contributed by atoms with van der Waals surface area (Å²) in [5.41, 5.74) is 1.55. The molecule has 1 amide bonds. The van der Waals surface area contributed by atoms with Crippen LogP contribution in [0, 0.1) is 11.3 Å². The van der Waals surface area contributed by atoms with Crippen LogP contribution in [0.15, 0.2) is 42.5 Å². The molecule has 4 nitrogen and oxygen atoms in total. The molecule has 0 aromatic heterocycles. The molecule has 0 saturated carbocycles. The van der Waals surface area contributed by atoms with Crippen LogP contribution in [0.25, 0.3) is 0 Å². The highest BCUT2D eigenvalue weighted by Gasteiger charge is 2.11. The fourth-order valence-corrected chi connectivity index (χ4v) is 2.11. The smallest absolute Gasteiger partial charge is 0.228 e. The number of amides is 1. The van der Waals surface area contributed by atoms with Crippen LogP contribution in [0.1, 0.15) is 11.1 Å². The fraction of sp³-hybridized carbons (Fsp3) is 0.125. The number of hydrogen-bond donors (Lipinski definition) is 1. The summed E-state index contributed by atoms with van der Waals surface area (Å²) in [7, 11) is 1.56. The van der Waals surface area contributed by atoms with Gasteiger partial charge in [-0.25, -0.2) is 0 Å². The van der Waals surface area contributed by atoms with E-state index in [2.05, 4.69) is 5.32 Å². The van der Waals surface area contributed by atoms with E-state index in [-0.39, 0.29) is 12.3 Å². The first-order chi connectivity index (χ1) is 10.1. The number of para-hydroxylation sites is 1. The lowest BCUT2D eigenvalue weighted by atomic mass is 10.1. The van der Waals surface area contributed by atoms with Gasteiger partial charge in [0.25, 0.3) is 0 Å². The van der Waals surface area contributed by atoms with Crippen molar-refractivity contribution in [3.63, 3.8) is 0 Å². The zero-order valence-electron chi connectivity index (χ0n) is 11.4. The number of nitrogens with zero attached hydrogens (tertiary/aromatic N) is 1. The molecule has 0 fully saturated rings. The number of methoxy groups -OCH3 is 1. The molecule has 0 bridgehead atoms. The van der Waals surface area contributed by atoms with E-state index in [0.717, 1.165) is 5.56 Å². The van der Waals surface area contributed by atoms with Gasteiger partial charge in [-0.1, -0.05) is 29.8 Å². The monoisotopic (exact) mass is 300 g/mol. The van der Waals surface area contributed by atoms with Gasteiger partial charge in [0.2, 0.25) is 5.91 Å². The van der Waals surface area contributed by atoms with Gasteiger partial charge in [0.05, 0.1) is 24.8 Å². The minimum Gasteiger partial charge on any atom is -0.496 e. The molecule has 0 aliphatic heterocycles. The maximum atomic E-state index is 12.1. The first-order valence-electron chi connectivity index (χ1n) is 6.25. The number of carbonyl (C=O) groups excluding carboxylic acids is 1. The van der Waals surface area contributed by atoms with Crippen molar-refractivity contribution >= 4 is 23.2 Å². The number of nitrogens with one attached hydrogen (secondary N) is 1. The Morgan fingerprint density at radius 3 is 2.81 bits per heavy atom. The average molecular weight is 301 g/mol. The van der Waals surface area contributed by atoms with Gasteiger partial charge in [-0.15, -0.1) is 0 Å². The molecule has 21 heavy (non-hydrogen) atoms. The van der Waals surface area contributed by atoms with Crippen LogP contribution in [-0.4, -0.2) is 13.0 Å². The van der Waals surface area contributed by atoms with Gasteiger partial charge in [-0.2, -0.15) is 5.26 Å². The molecule has 2 aromatic rings. The van der Waals surface area contributed by atoms with Crippen LogP contribution >= 0.6 is 11.6 Å². The van der Waals surface area contributed by atoms with Gasteiger partial charge < -0.3 is 10.1 Å². The first-order valence-corrected chi connectivity index (χ1v) is 6.63. The standard InChI is InChI=1S/C16H13ClN2O2/c1-21-15-5-3-2-4-11(15)8-16(20)19-14-9-13(17)7-6-12(14)10-18/h2-7,9H,8H2,1H3,(H,19,20). The lowest BCUT2D eigenvalue weighted by Gasteiger charge is -2.10. The third-order valence-electron chi connectivity index (χ3n) is 2.92. The number of nitriles is 1. The molecule has 0 radical (unpaired) electrons. The van der Waals surface area contributed by atoms with Crippen LogP contribution in [0.3, 0.4) is 0 Å². The summed E-state index contributed by atoms with van der Waals surface area (Å²) in [4.78, 5) is 12.1. The summed E-state index contributed by atoms with van der Waals surface area (Å²) in [6.07, 6.45) is 0.154. The highest BCUT2D eigenvalue weighted by molar-refractivity contribution is 6.31. The Morgan fingerprint density at radius 2 is 2.10 bits per heavy atom. The molecule has 1 N–H and O–H groups in total. The minimum atomic E-state index is -0.238. The van der Waals surface area contributed by atoms with Crippen LogP contribution < -0.4 is 10.1 Å². The lowest BCUT2D eigenvalue weighted by Crippen LogP contribution is -2.15. The molecule has 2 rings (SSSR count). The molecule has 106 valence electrons. The van der Waals surface area contributed by atoms with E-state index >= 15 is 0 Å². The van der Waals surface area contributed by atoms with Crippen LogP contribution in [0.4, 0.5) is 5.69 Å². The number of benzene rings is 2. The largest absolute Gasteiger partial charge is 0.496 e. The third-order valence-corrected chi connectivity index (χ3v) is 3.15. The molecular weight excluding hydrogens is 288 g/mol. The van der Waals surface area contributed by atoms with E-state index < -0.39 is 0 Å². The number of anilines is 1. The molecule has 0 aliphatic rings. The van der Waals surface area contributed by atoms with Crippen molar-refractivity contribution < 1.29 is 9.53 Å². The predicted octanol–water partition coefficient (Wildman–Crippen LogP) is 3.40. The second kappa shape index (κ2) is 6.78. The Hall–Kier alpha value is -2.51. The summed E-state index contributed by atoms with van der Waals surface area (Å²) in [6, 6.07) is 14.0. The topological polar surface area (TPSA) is 62.1 Å². The van der Waals surface area contributed by atoms with Crippen LogP contribution in [-0.2, 0) is 11.2 Å². The highest BCUT2D eigenvalue weighted by Crippen LogP contribution is 2.22. The number of carbonyl (C=O) groups is 1. The quantitative estimate of drug-likeness (QED) is 0.941. The van der Waals surface area contributed by atoms with Gasteiger partial charge in [0, 0.05) is 10.6 Å². The Bertz CT molecular complexity index is 708. The Labute approximate surface area is 127 Å². The SMILES string of the molecule is COc1ccccc1CC(=O)Nc1cc(Cl)ccc1C#N. The minimum absolute atomic E-state index is 0.154. The summed E-state index contributed by atoms with van der Waals surface area (Å²) in [5, 5.41) is 12.2. The fourth-order valence-electron chi connectivity index (χ4n) is 1.93. The Balaban J connectivity index is 2.16. The maximum Gasteiger partial charge on any atom is 0.228 e. The van der Waals surface area contributed by atoms with E-state index in [1.54, 1.807) is 31.4 Å². The van der Waals surface area contributed by atoms with Gasteiger partial charge in [0.15, 0.2) is 0 Å². The van der Waals surface area contributed by atoms with E-state index in [1.165, 1.54) is 0 Å². The van der Waals surface area contributed by atoms with Crippen molar-refractivity contribution in [2.45, 2.75) is 6.42 Å². The molecule has 0 spiro atoms. The predicted molar refractivity (Wildman–Crippen MR) is 81.5 cm³/mol. The molecule has 0 unspecified atom stereocenters. The molecule has 0 atom stereocenters. The van der Waals surface area contributed by atoms with Crippen molar-refractivity contribution in [3.8, 4) is 11.8 Å². The van der Waals surface area contributed by atoms with E-state index in [9.17, 15) is 4.79 Å². The van der Waals surface area contributed by atoms with Gasteiger partial charge in [-0.3, -0.25) is 4.79 Å². The number of hydrogen-bond acceptors (Lipinski definition) is 3. The Morgan fingerprint density at radius 1 is 1.33 bits per heavy atom. The summed E-state index contributed by atoms with van der Waals surface area (Å²) in [6.45, 7) is 0. The molecule has 0 saturated heterocycles. The van der Waals surface area contributed by atoms with Gasteiger partial charge in [-0.05, 0) is 24.3 Å². The van der Waals surface area contributed by atoms with E-state index in [0.29, 0.717) is 22.0 Å². The second-order valence-electron chi connectivity index (χ2n) is 4.34. The highest BCUT2D eigenvalue weighted by atomic mass is 35.5. The summed E-state index contributed by atoms with van der Waals surface area (Å²) < 4.78 is 5.21. The van der Waals surface area contributed by atoms with E-state index in [1.807, 2.05) is 24.3 Å². The van der Waals surface area contributed by atoms with Crippen LogP contribution in [0.5, 0.6) is 5.75 Å². The average Bonchev–Trinajstić information content (AvgIpc) is 2.48. The normalized spacial score (nSPS) is 9.76. The van der Waals surface area contributed by atoms with Crippen molar-refractivity contribution in [1.29, 1.82) is 5.26 Å². The number of halogens is 1. The summed E-state index contributed by atoms with van der Waals surface area (Å²) >= 11 is 5.88. The van der Waals surface area contributed by atoms with E-state index in [4.69, 9.17) is 21.6 Å². The van der Waals surface area contributed by atoms with Crippen molar-refractivity contribution in [1.82, 2.24) is 0 Å². The third kappa shape index (κ3) is 3.74. The van der Waals surface area contributed by atoms with Gasteiger partial charge >= 0.3 is 0 Å². The van der Waals surface area contributed by atoms with Crippen molar-refractivity contribution in [3.05, 3.63) is 58.6 Å². The zero-order valence-corrected chi connectivity index (χ0v) is 12.1. The summed E-state index contributed by atoms with van der Waals surface area (Å²) in [5.74, 6) is 0.414. The molecule has 0 heterocycles. The molecule has 0 aliphatic carbocycles. The molecule has 2 aromatic carbocycles. The number of ether oxygens (including phenoxy) is 1. The van der Waals surface area contributed by atoms with Crippen molar-refractivity contribution in [2.24, 2.45) is 0 Å². The van der Waals surface area contributed by atoms with Crippen molar-refractivity contribution in [2.75, 3.05) is 12.4 Å². The molecule has 5 heteroatoms. The Kier molecular flexibility index (Phi) is 4.81. The maximum absolute atomic E-state index is 12.1.